The van der Waals surface area contributed by atoms with E-state index in [9.17, 15) is 9.59 Å². The molecule has 1 aromatic rings. The molecule has 0 aliphatic heterocycles. The lowest BCUT2D eigenvalue weighted by molar-refractivity contribution is -0.142. The highest BCUT2D eigenvalue weighted by Crippen LogP contribution is 2.24. The molecular weight excluding hydrogens is 364 g/mol. The Labute approximate surface area is 143 Å². The van der Waals surface area contributed by atoms with Crippen LogP contribution in [0.5, 0.6) is 5.75 Å². The van der Waals surface area contributed by atoms with Crippen LogP contribution in [0.25, 0.3) is 0 Å². The van der Waals surface area contributed by atoms with Crippen molar-refractivity contribution in [3.63, 3.8) is 0 Å². The number of amides is 2. The molecule has 1 fully saturated rings. The Kier molecular flexibility index (Phi) is 6.70. The van der Waals surface area contributed by atoms with Gasteiger partial charge in [-0.1, -0.05) is 22.0 Å². The maximum absolute atomic E-state index is 11.8. The van der Waals surface area contributed by atoms with Crippen molar-refractivity contribution in [1.82, 2.24) is 10.6 Å². The molecule has 0 saturated heterocycles. The molecule has 126 valence electrons. The van der Waals surface area contributed by atoms with Crippen LogP contribution < -0.4 is 15.4 Å². The molecule has 1 aliphatic rings. The van der Waals surface area contributed by atoms with Gasteiger partial charge in [0.1, 0.15) is 12.4 Å². The smallest absolute Gasteiger partial charge is 0.315 e. The third kappa shape index (κ3) is 6.09. The summed E-state index contributed by atoms with van der Waals surface area (Å²) < 4.78 is 6.47. The van der Waals surface area contributed by atoms with Crippen LogP contribution in [-0.2, 0) is 4.79 Å². The number of aliphatic carboxylic acids is 1. The molecule has 1 saturated carbocycles. The van der Waals surface area contributed by atoms with Crippen LogP contribution in [0.1, 0.15) is 25.7 Å². The van der Waals surface area contributed by atoms with Crippen LogP contribution in [0.15, 0.2) is 28.7 Å². The quantitative estimate of drug-likeness (QED) is 0.658. The van der Waals surface area contributed by atoms with Gasteiger partial charge in [0.05, 0.1) is 12.5 Å². The minimum absolute atomic E-state index is 0.0524. The van der Waals surface area contributed by atoms with Crippen LogP contribution in [0, 0.1) is 5.92 Å². The summed E-state index contributed by atoms with van der Waals surface area (Å²) in [4.78, 5) is 22.7. The summed E-state index contributed by atoms with van der Waals surface area (Å²) in [5, 5.41) is 14.6. The van der Waals surface area contributed by atoms with E-state index in [-0.39, 0.29) is 18.0 Å². The molecule has 0 aromatic heterocycles. The van der Waals surface area contributed by atoms with Crippen molar-refractivity contribution in [1.29, 1.82) is 0 Å². The maximum atomic E-state index is 11.8. The number of hydrogen-bond acceptors (Lipinski definition) is 3. The first kappa shape index (κ1) is 17.6. The van der Waals surface area contributed by atoms with Gasteiger partial charge in [-0.25, -0.2) is 4.79 Å². The topological polar surface area (TPSA) is 87.7 Å². The average molecular weight is 385 g/mol. The number of nitrogens with one attached hydrogen (secondary N) is 2. The SMILES string of the molecule is O=C(NCCOc1cccc(Br)c1)NC1CCC(C(=O)O)CC1. The van der Waals surface area contributed by atoms with Gasteiger partial charge in [0, 0.05) is 10.5 Å². The molecule has 0 unspecified atom stereocenters. The van der Waals surface area contributed by atoms with E-state index in [0.29, 0.717) is 38.8 Å². The molecule has 0 radical (unpaired) electrons. The third-order valence-electron chi connectivity index (χ3n) is 3.86. The molecule has 23 heavy (non-hydrogen) atoms. The Bertz CT molecular complexity index is 545. The van der Waals surface area contributed by atoms with Crippen LogP contribution >= 0.6 is 15.9 Å². The van der Waals surface area contributed by atoms with Gasteiger partial charge in [-0.05, 0) is 43.9 Å². The summed E-state index contributed by atoms with van der Waals surface area (Å²) in [6.45, 7) is 0.790. The Hall–Kier alpha value is -1.76. The molecule has 7 heteroatoms. The Morgan fingerprint density at radius 3 is 2.65 bits per heavy atom. The second-order valence-electron chi connectivity index (χ2n) is 5.59. The molecule has 0 bridgehead atoms. The minimum atomic E-state index is -0.738. The first-order valence-corrected chi connectivity index (χ1v) is 8.49. The summed E-state index contributed by atoms with van der Waals surface area (Å²) in [5.74, 6) is -0.263. The van der Waals surface area contributed by atoms with Gasteiger partial charge in [-0.2, -0.15) is 0 Å². The van der Waals surface area contributed by atoms with Crippen molar-refractivity contribution < 1.29 is 19.4 Å². The molecule has 3 N–H and O–H groups in total. The first-order chi connectivity index (χ1) is 11.0. The summed E-state index contributed by atoms with van der Waals surface area (Å²) >= 11 is 3.37. The van der Waals surface area contributed by atoms with Crippen LogP contribution in [0.3, 0.4) is 0 Å². The van der Waals surface area contributed by atoms with Crippen molar-refractivity contribution in [2.75, 3.05) is 13.2 Å². The number of carbonyl (C=O) groups excluding carboxylic acids is 1. The van der Waals surface area contributed by atoms with E-state index in [4.69, 9.17) is 9.84 Å². The van der Waals surface area contributed by atoms with Crippen molar-refractivity contribution in [3.8, 4) is 5.75 Å². The third-order valence-corrected chi connectivity index (χ3v) is 4.36. The number of rotatable bonds is 6. The fourth-order valence-corrected chi connectivity index (χ4v) is 2.99. The van der Waals surface area contributed by atoms with E-state index in [0.717, 1.165) is 10.2 Å². The Morgan fingerprint density at radius 1 is 1.26 bits per heavy atom. The average Bonchev–Trinajstić information content (AvgIpc) is 2.52. The standard InChI is InChI=1S/C16H21BrN2O4/c17-12-2-1-3-14(10-12)23-9-8-18-16(22)19-13-6-4-11(5-7-13)15(20)21/h1-3,10-11,13H,4-9H2,(H,20,21)(H2,18,19,22). The zero-order chi connectivity index (χ0) is 16.7. The second-order valence-corrected chi connectivity index (χ2v) is 6.51. The Balaban J connectivity index is 1.59. The number of urea groups is 1. The molecule has 0 spiro atoms. The fraction of sp³-hybridized carbons (Fsp3) is 0.500. The predicted molar refractivity (Wildman–Crippen MR) is 89.6 cm³/mol. The number of ether oxygens (including phenoxy) is 1. The largest absolute Gasteiger partial charge is 0.492 e. The lowest BCUT2D eigenvalue weighted by atomic mass is 9.86. The lowest BCUT2D eigenvalue weighted by Crippen LogP contribution is -2.45. The normalized spacial score (nSPS) is 20.6. The van der Waals surface area contributed by atoms with Crippen LogP contribution in [-0.4, -0.2) is 36.3 Å². The van der Waals surface area contributed by atoms with Crippen molar-refractivity contribution in [3.05, 3.63) is 28.7 Å². The van der Waals surface area contributed by atoms with Crippen LogP contribution in [0.4, 0.5) is 4.79 Å². The van der Waals surface area contributed by atoms with Gasteiger partial charge in [0.15, 0.2) is 0 Å². The molecule has 6 nitrogen and oxygen atoms in total. The molecular formula is C16H21BrN2O4. The van der Waals surface area contributed by atoms with Crippen molar-refractivity contribution in [2.45, 2.75) is 31.7 Å². The van der Waals surface area contributed by atoms with E-state index in [1.165, 1.54) is 0 Å². The molecule has 0 atom stereocenters. The van der Waals surface area contributed by atoms with Gasteiger partial charge in [-0.3, -0.25) is 4.79 Å². The second kappa shape index (κ2) is 8.76. The van der Waals surface area contributed by atoms with Gasteiger partial charge in [-0.15, -0.1) is 0 Å². The van der Waals surface area contributed by atoms with Gasteiger partial charge in [0.25, 0.3) is 0 Å². The summed E-state index contributed by atoms with van der Waals surface area (Å²) in [6.07, 6.45) is 2.65. The van der Waals surface area contributed by atoms with E-state index in [2.05, 4.69) is 26.6 Å². The summed E-state index contributed by atoms with van der Waals surface area (Å²) in [5.41, 5.74) is 0. The lowest BCUT2D eigenvalue weighted by Gasteiger charge is -2.26. The van der Waals surface area contributed by atoms with Gasteiger partial charge in [0.2, 0.25) is 0 Å². The summed E-state index contributed by atoms with van der Waals surface area (Å²) in [7, 11) is 0. The number of carboxylic acids is 1. The fourth-order valence-electron chi connectivity index (χ4n) is 2.61. The maximum Gasteiger partial charge on any atom is 0.315 e. The summed E-state index contributed by atoms with van der Waals surface area (Å²) in [6, 6.07) is 7.33. The van der Waals surface area contributed by atoms with Crippen molar-refractivity contribution in [2.24, 2.45) is 5.92 Å². The number of halogens is 1. The predicted octanol–water partition coefficient (Wildman–Crippen LogP) is 2.77. The van der Waals surface area contributed by atoms with Crippen LogP contribution in [0.2, 0.25) is 0 Å². The van der Waals surface area contributed by atoms with Gasteiger partial charge >= 0.3 is 12.0 Å². The number of hydrogen-bond donors (Lipinski definition) is 3. The molecule has 0 heterocycles. The monoisotopic (exact) mass is 384 g/mol. The van der Waals surface area contributed by atoms with E-state index >= 15 is 0 Å². The van der Waals surface area contributed by atoms with Gasteiger partial charge < -0.3 is 20.5 Å². The zero-order valence-corrected chi connectivity index (χ0v) is 14.3. The molecule has 1 aliphatic carbocycles. The first-order valence-electron chi connectivity index (χ1n) is 7.70. The minimum Gasteiger partial charge on any atom is -0.492 e. The number of carboxylic acid groups (broad SMARTS) is 1. The highest BCUT2D eigenvalue weighted by molar-refractivity contribution is 9.10. The molecule has 1 aromatic carbocycles. The van der Waals surface area contributed by atoms with Crippen molar-refractivity contribution >= 4 is 27.9 Å². The Morgan fingerprint density at radius 2 is 2.00 bits per heavy atom. The molecule has 2 amide bonds. The zero-order valence-electron chi connectivity index (χ0n) is 12.8. The number of carbonyl (C=O) groups is 2. The molecule has 2 rings (SSSR count). The highest BCUT2D eigenvalue weighted by Gasteiger charge is 2.26. The highest BCUT2D eigenvalue weighted by atomic mass is 79.9. The number of benzene rings is 1. The van der Waals surface area contributed by atoms with E-state index in [1.807, 2.05) is 24.3 Å². The van der Waals surface area contributed by atoms with E-state index in [1.54, 1.807) is 0 Å². The van der Waals surface area contributed by atoms with E-state index < -0.39 is 5.97 Å².